The van der Waals surface area contributed by atoms with Crippen molar-refractivity contribution in [2.24, 2.45) is 0 Å². The van der Waals surface area contributed by atoms with Crippen molar-refractivity contribution in [3.63, 3.8) is 0 Å². The number of pyridine rings is 1. The van der Waals surface area contributed by atoms with Gasteiger partial charge in [0.2, 0.25) is 0 Å². The Kier molecular flexibility index (Phi) is 4.62. The molecular weight excluding hydrogens is 288 g/mol. The monoisotopic (exact) mass is 308 g/mol. The molecule has 0 radical (unpaired) electrons. The summed E-state index contributed by atoms with van der Waals surface area (Å²) in [7, 11) is -3.02. The van der Waals surface area contributed by atoms with E-state index in [1.807, 2.05) is 36.7 Å². The summed E-state index contributed by atoms with van der Waals surface area (Å²) >= 11 is 0. The lowest BCUT2D eigenvalue weighted by Gasteiger charge is -2.18. The molecular formula is C14H20N4O2S. The lowest BCUT2D eigenvalue weighted by atomic mass is 10.3. The Morgan fingerprint density at radius 1 is 1.33 bits per heavy atom. The molecule has 114 valence electrons. The van der Waals surface area contributed by atoms with Gasteiger partial charge in [-0.1, -0.05) is 6.92 Å². The smallest absolute Gasteiger partial charge is 0.161 e. The number of aromatic nitrogens is 3. The van der Waals surface area contributed by atoms with E-state index in [9.17, 15) is 8.42 Å². The molecule has 0 amide bonds. The lowest BCUT2D eigenvalue weighted by molar-refractivity contribution is 0.593. The number of anilines is 1. The number of hydrogen-bond donors (Lipinski definition) is 1. The lowest BCUT2D eigenvalue weighted by Crippen LogP contribution is -2.27. The molecule has 0 aliphatic carbocycles. The molecule has 0 aromatic carbocycles. The Balaban J connectivity index is 2.24. The number of hydrogen-bond acceptors (Lipinski definition) is 5. The molecule has 0 saturated heterocycles. The fourth-order valence-electron chi connectivity index (χ4n) is 2.11. The first-order chi connectivity index (χ1) is 9.93. The number of aryl methyl sites for hydroxylation is 1. The molecule has 1 unspecified atom stereocenters. The van der Waals surface area contributed by atoms with Crippen LogP contribution in [0.3, 0.4) is 0 Å². The van der Waals surface area contributed by atoms with Gasteiger partial charge in [0.15, 0.2) is 15.7 Å². The number of sulfone groups is 1. The maximum absolute atomic E-state index is 11.7. The zero-order valence-corrected chi connectivity index (χ0v) is 13.3. The van der Waals surface area contributed by atoms with Crippen molar-refractivity contribution in [3.8, 4) is 5.82 Å². The van der Waals surface area contributed by atoms with E-state index in [0.717, 1.165) is 11.5 Å². The Bertz CT molecular complexity index is 709. The third-order valence-electron chi connectivity index (χ3n) is 3.19. The van der Waals surface area contributed by atoms with Gasteiger partial charge in [-0.25, -0.2) is 18.4 Å². The first-order valence-electron chi connectivity index (χ1n) is 6.85. The van der Waals surface area contributed by atoms with Crippen LogP contribution in [0.15, 0.2) is 30.7 Å². The van der Waals surface area contributed by atoms with Gasteiger partial charge in [0.05, 0.1) is 11.4 Å². The van der Waals surface area contributed by atoms with Gasteiger partial charge in [-0.3, -0.25) is 4.57 Å². The van der Waals surface area contributed by atoms with Crippen LogP contribution < -0.4 is 5.32 Å². The second kappa shape index (κ2) is 6.26. The summed E-state index contributed by atoms with van der Waals surface area (Å²) < 4.78 is 25.3. The molecule has 1 N–H and O–H groups in total. The maximum atomic E-state index is 11.7. The Morgan fingerprint density at radius 3 is 2.71 bits per heavy atom. The highest BCUT2D eigenvalue weighted by Crippen LogP contribution is 2.19. The average molecular weight is 308 g/mol. The van der Waals surface area contributed by atoms with E-state index >= 15 is 0 Å². The van der Waals surface area contributed by atoms with E-state index in [1.165, 1.54) is 0 Å². The molecule has 0 fully saturated rings. The summed E-state index contributed by atoms with van der Waals surface area (Å²) in [5, 5.41) is 3.23. The summed E-state index contributed by atoms with van der Waals surface area (Å²) in [5.41, 5.74) is 0.789. The highest BCUT2D eigenvalue weighted by atomic mass is 32.2. The molecule has 2 aromatic heterocycles. The predicted molar refractivity (Wildman–Crippen MR) is 83.5 cm³/mol. The van der Waals surface area contributed by atoms with Gasteiger partial charge < -0.3 is 5.32 Å². The van der Waals surface area contributed by atoms with Gasteiger partial charge in [0.25, 0.3) is 0 Å². The Labute approximate surface area is 125 Å². The molecule has 2 aromatic rings. The zero-order chi connectivity index (χ0) is 15.5. The second-order valence-electron chi connectivity index (χ2n) is 4.96. The summed E-state index contributed by atoms with van der Waals surface area (Å²) in [6.07, 6.45) is 5.24. The summed E-state index contributed by atoms with van der Waals surface area (Å²) in [5.74, 6) is 1.79. The van der Waals surface area contributed by atoms with Gasteiger partial charge in [-0.2, -0.15) is 0 Å². The summed E-state index contributed by atoms with van der Waals surface area (Å²) in [4.78, 5) is 8.55. The molecule has 0 aliphatic heterocycles. The van der Waals surface area contributed by atoms with Gasteiger partial charge >= 0.3 is 0 Å². The molecule has 0 saturated carbocycles. The number of nitrogens with one attached hydrogen (secondary N) is 1. The van der Waals surface area contributed by atoms with Crippen LogP contribution in [0.2, 0.25) is 0 Å². The molecule has 7 heteroatoms. The molecule has 2 heterocycles. The van der Waals surface area contributed by atoms with Crippen molar-refractivity contribution < 1.29 is 8.42 Å². The first kappa shape index (κ1) is 15.5. The van der Waals surface area contributed by atoms with Crippen LogP contribution in [0.25, 0.3) is 5.82 Å². The van der Waals surface area contributed by atoms with Crippen LogP contribution in [0.1, 0.15) is 19.7 Å². The van der Waals surface area contributed by atoms with Crippen molar-refractivity contribution in [2.45, 2.75) is 26.8 Å². The summed E-state index contributed by atoms with van der Waals surface area (Å²) in [6, 6.07) is 3.51. The number of imidazole rings is 1. The van der Waals surface area contributed by atoms with Crippen molar-refractivity contribution in [1.82, 2.24) is 14.5 Å². The van der Waals surface area contributed by atoms with E-state index in [4.69, 9.17) is 0 Å². The fourth-order valence-corrected chi connectivity index (χ4v) is 3.19. The molecule has 0 aliphatic rings. The Hall–Kier alpha value is -1.89. The van der Waals surface area contributed by atoms with E-state index in [1.54, 1.807) is 19.3 Å². The first-order valence-corrected chi connectivity index (χ1v) is 8.67. The van der Waals surface area contributed by atoms with Crippen molar-refractivity contribution >= 4 is 15.5 Å². The topological polar surface area (TPSA) is 76.9 Å². The average Bonchev–Trinajstić information content (AvgIpc) is 2.85. The zero-order valence-electron chi connectivity index (χ0n) is 12.4. The molecule has 1 atom stereocenters. The minimum absolute atomic E-state index is 0.0980. The third kappa shape index (κ3) is 3.81. The van der Waals surface area contributed by atoms with E-state index < -0.39 is 9.84 Å². The SMILES string of the molecule is CCS(=O)(=O)CC(C)Nc1cccnc1-n1ccnc1C. The highest BCUT2D eigenvalue weighted by Gasteiger charge is 2.16. The molecule has 2 rings (SSSR count). The van der Waals surface area contributed by atoms with Gasteiger partial charge in [0.1, 0.15) is 5.82 Å². The van der Waals surface area contributed by atoms with Crippen LogP contribution in [-0.2, 0) is 9.84 Å². The van der Waals surface area contributed by atoms with Crippen molar-refractivity contribution in [2.75, 3.05) is 16.8 Å². The predicted octanol–water partition coefficient (Wildman–Crippen LogP) is 1.81. The molecule has 21 heavy (non-hydrogen) atoms. The third-order valence-corrected chi connectivity index (χ3v) is 5.07. The normalized spacial score (nSPS) is 13.1. The van der Waals surface area contributed by atoms with E-state index in [-0.39, 0.29) is 17.5 Å². The highest BCUT2D eigenvalue weighted by molar-refractivity contribution is 7.91. The fraction of sp³-hybridized carbons (Fsp3) is 0.429. The quantitative estimate of drug-likeness (QED) is 0.880. The van der Waals surface area contributed by atoms with Crippen LogP contribution in [-0.4, -0.2) is 40.5 Å². The van der Waals surface area contributed by atoms with Crippen LogP contribution in [0, 0.1) is 6.92 Å². The van der Waals surface area contributed by atoms with Crippen molar-refractivity contribution in [3.05, 3.63) is 36.5 Å². The molecule has 6 nitrogen and oxygen atoms in total. The van der Waals surface area contributed by atoms with Crippen LogP contribution in [0.5, 0.6) is 0 Å². The van der Waals surface area contributed by atoms with Gasteiger partial charge in [-0.15, -0.1) is 0 Å². The molecule has 0 spiro atoms. The van der Waals surface area contributed by atoms with Gasteiger partial charge in [-0.05, 0) is 26.0 Å². The minimum atomic E-state index is -3.02. The molecule has 0 bridgehead atoms. The summed E-state index contributed by atoms with van der Waals surface area (Å²) in [6.45, 7) is 5.40. The Morgan fingerprint density at radius 2 is 2.10 bits per heavy atom. The van der Waals surface area contributed by atoms with Crippen LogP contribution >= 0.6 is 0 Å². The number of rotatable bonds is 6. The van der Waals surface area contributed by atoms with Crippen LogP contribution in [0.4, 0.5) is 5.69 Å². The minimum Gasteiger partial charge on any atom is -0.379 e. The maximum Gasteiger partial charge on any atom is 0.161 e. The van der Waals surface area contributed by atoms with Crippen molar-refractivity contribution in [1.29, 1.82) is 0 Å². The second-order valence-corrected chi connectivity index (χ2v) is 7.36. The number of nitrogens with zero attached hydrogens (tertiary/aromatic N) is 3. The van der Waals surface area contributed by atoms with Gasteiger partial charge in [0, 0.05) is 30.4 Å². The van der Waals surface area contributed by atoms with E-state index in [0.29, 0.717) is 5.82 Å². The van der Waals surface area contributed by atoms with E-state index in [2.05, 4.69) is 15.3 Å². The standard InChI is InChI=1S/C14H20N4O2S/c1-4-21(19,20)10-11(2)17-13-6-5-7-16-14(13)18-9-8-15-12(18)3/h5-9,11,17H,4,10H2,1-3H3. The largest absolute Gasteiger partial charge is 0.379 e.